The van der Waals surface area contributed by atoms with E-state index >= 15 is 0 Å². The number of rotatable bonds is 5. The molecule has 1 aromatic carbocycles. The van der Waals surface area contributed by atoms with Crippen LogP contribution in [0.4, 0.5) is 5.69 Å². The van der Waals surface area contributed by atoms with Gasteiger partial charge in [-0.2, -0.15) is 0 Å². The Morgan fingerprint density at radius 2 is 2.08 bits per heavy atom. The second kappa shape index (κ2) is 8.00. The number of likely N-dealkylation sites (tertiary alicyclic amines) is 1. The van der Waals surface area contributed by atoms with Crippen LogP contribution in [0.25, 0.3) is 0 Å². The lowest BCUT2D eigenvalue weighted by atomic mass is 9.97. The molecule has 3 atom stereocenters. The largest absolute Gasteiger partial charge is 0.466 e. The van der Waals surface area contributed by atoms with E-state index in [9.17, 15) is 9.59 Å². The van der Waals surface area contributed by atoms with Crippen molar-refractivity contribution in [3.05, 3.63) is 29.3 Å². The molecule has 1 aliphatic carbocycles. The van der Waals surface area contributed by atoms with Crippen molar-refractivity contribution < 1.29 is 19.2 Å². The molecule has 1 saturated heterocycles. The van der Waals surface area contributed by atoms with Crippen molar-refractivity contribution in [2.75, 3.05) is 25.0 Å². The van der Waals surface area contributed by atoms with Gasteiger partial charge < -0.3 is 15.0 Å². The Balaban J connectivity index is 1.59. The van der Waals surface area contributed by atoms with Gasteiger partial charge in [-0.25, -0.2) is 0 Å². The molecule has 1 heterocycles. The molecule has 25 heavy (non-hydrogen) atoms. The lowest BCUT2D eigenvalue weighted by Crippen LogP contribution is -3.18. The third-order valence-corrected chi connectivity index (χ3v) is 5.55. The van der Waals surface area contributed by atoms with Gasteiger partial charge in [0.25, 0.3) is 5.91 Å². The summed E-state index contributed by atoms with van der Waals surface area (Å²) < 4.78 is 5.16. The Kier molecular flexibility index (Phi) is 5.74. The highest BCUT2D eigenvalue weighted by molar-refractivity contribution is 5.93. The van der Waals surface area contributed by atoms with Crippen molar-refractivity contribution >= 4 is 17.6 Å². The minimum atomic E-state index is -0.175. The summed E-state index contributed by atoms with van der Waals surface area (Å²) in [6.45, 7) is 5.80. The third-order valence-electron chi connectivity index (χ3n) is 5.55. The molecule has 0 aromatic heterocycles. The third kappa shape index (κ3) is 4.21. The van der Waals surface area contributed by atoms with Crippen molar-refractivity contribution in [3.63, 3.8) is 0 Å². The van der Waals surface area contributed by atoms with Crippen molar-refractivity contribution in [2.24, 2.45) is 5.92 Å². The molecular formula is C20H29N2O3+. The molecule has 5 heteroatoms. The van der Waals surface area contributed by atoms with Gasteiger partial charge in [0.1, 0.15) is 5.92 Å². The fourth-order valence-corrected chi connectivity index (χ4v) is 4.04. The Labute approximate surface area is 149 Å². The zero-order valence-corrected chi connectivity index (χ0v) is 15.3. The first-order chi connectivity index (χ1) is 12.1. The van der Waals surface area contributed by atoms with Gasteiger partial charge in [0.15, 0.2) is 6.04 Å². The first kappa shape index (κ1) is 17.9. The number of quaternary nitrogens is 1. The Bertz CT molecular complexity index is 644. The second-order valence-electron chi connectivity index (χ2n) is 7.25. The van der Waals surface area contributed by atoms with Crippen LogP contribution in [0.1, 0.15) is 44.2 Å². The Morgan fingerprint density at radius 3 is 2.88 bits per heavy atom. The zero-order chi connectivity index (χ0) is 17.8. The van der Waals surface area contributed by atoms with E-state index in [1.807, 2.05) is 19.9 Å². The van der Waals surface area contributed by atoms with Gasteiger partial charge in [-0.3, -0.25) is 9.59 Å². The Morgan fingerprint density at radius 1 is 1.28 bits per heavy atom. The van der Waals surface area contributed by atoms with Crippen molar-refractivity contribution in [2.45, 2.75) is 52.0 Å². The average molecular weight is 345 g/mol. The molecule has 0 radical (unpaired) electrons. The van der Waals surface area contributed by atoms with Gasteiger partial charge in [0.05, 0.1) is 19.7 Å². The molecule has 0 saturated carbocycles. The molecule has 2 aliphatic rings. The first-order valence-electron chi connectivity index (χ1n) is 9.52. The van der Waals surface area contributed by atoms with Gasteiger partial charge in [-0.15, -0.1) is 0 Å². The van der Waals surface area contributed by atoms with E-state index in [-0.39, 0.29) is 23.8 Å². The minimum absolute atomic E-state index is 0.0254. The van der Waals surface area contributed by atoms with Gasteiger partial charge >= 0.3 is 5.97 Å². The predicted molar refractivity (Wildman–Crippen MR) is 96.6 cm³/mol. The van der Waals surface area contributed by atoms with Gasteiger partial charge in [-0.1, -0.05) is 6.07 Å². The molecule has 1 amide bonds. The minimum Gasteiger partial charge on any atom is -0.466 e. The van der Waals surface area contributed by atoms with E-state index in [2.05, 4.69) is 17.4 Å². The Hall–Kier alpha value is -1.88. The number of piperidine rings is 1. The molecule has 1 aliphatic heterocycles. The molecule has 0 bridgehead atoms. The number of nitrogens with one attached hydrogen (secondary N) is 2. The van der Waals surface area contributed by atoms with Crippen LogP contribution in [0.3, 0.4) is 0 Å². The topological polar surface area (TPSA) is 59.8 Å². The summed E-state index contributed by atoms with van der Waals surface area (Å²) in [6.07, 6.45) is 5.27. The number of anilines is 1. The van der Waals surface area contributed by atoms with Crippen LogP contribution >= 0.6 is 0 Å². The lowest BCUT2D eigenvalue weighted by molar-refractivity contribution is -0.921. The van der Waals surface area contributed by atoms with Crippen molar-refractivity contribution in [1.29, 1.82) is 0 Å². The summed E-state index contributed by atoms with van der Waals surface area (Å²) in [7, 11) is 0. The fourth-order valence-electron chi connectivity index (χ4n) is 4.04. The average Bonchev–Trinajstić information content (AvgIpc) is 3.09. The highest BCUT2D eigenvalue weighted by Gasteiger charge is 2.34. The van der Waals surface area contributed by atoms with Gasteiger partial charge in [0, 0.05) is 5.69 Å². The van der Waals surface area contributed by atoms with Crippen molar-refractivity contribution in [3.8, 4) is 0 Å². The maximum Gasteiger partial charge on any atom is 0.314 e. The summed E-state index contributed by atoms with van der Waals surface area (Å²) in [6, 6.07) is 6.07. The van der Waals surface area contributed by atoms with Crippen molar-refractivity contribution in [1.82, 2.24) is 0 Å². The highest BCUT2D eigenvalue weighted by atomic mass is 16.5. The molecule has 5 nitrogen and oxygen atoms in total. The maximum atomic E-state index is 12.7. The number of ether oxygens (including phenoxy) is 1. The molecule has 136 valence electrons. The van der Waals surface area contributed by atoms with E-state index < -0.39 is 0 Å². The lowest BCUT2D eigenvalue weighted by Gasteiger charge is -2.32. The number of esters is 1. The number of fused-ring (bicyclic) bond motifs is 1. The van der Waals surface area contributed by atoms with E-state index in [0.717, 1.165) is 37.9 Å². The molecule has 3 rings (SSSR count). The predicted octanol–water partition coefficient (Wildman–Crippen LogP) is 1.36. The molecule has 1 fully saturated rings. The normalized spacial score (nSPS) is 23.6. The summed E-state index contributed by atoms with van der Waals surface area (Å²) in [4.78, 5) is 25.8. The maximum absolute atomic E-state index is 12.7. The number of aryl methyl sites for hydroxylation is 2. The fraction of sp³-hybridized carbons (Fsp3) is 0.600. The second-order valence-corrected chi connectivity index (χ2v) is 7.25. The van der Waals surface area contributed by atoms with Crippen LogP contribution < -0.4 is 10.2 Å². The smallest absolute Gasteiger partial charge is 0.314 e. The highest BCUT2D eigenvalue weighted by Crippen LogP contribution is 2.24. The number of hydrogen-bond donors (Lipinski definition) is 2. The first-order valence-corrected chi connectivity index (χ1v) is 9.52. The number of benzene rings is 1. The number of hydrogen-bond acceptors (Lipinski definition) is 3. The van der Waals surface area contributed by atoms with Gasteiger partial charge in [0.2, 0.25) is 0 Å². The SMILES string of the molecule is CCOC(=O)[C@@H]1CCC[NH+]([C@@H](C)C(=O)Nc2ccc3c(c2)CCC3)C1. The summed E-state index contributed by atoms with van der Waals surface area (Å²) >= 11 is 0. The molecule has 2 N–H and O–H groups in total. The van der Waals surface area contributed by atoms with Crippen LogP contribution in [-0.4, -0.2) is 37.6 Å². The van der Waals surface area contributed by atoms with E-state index in [1.165, 1.54) is 22.4 Å². The quantitative estimate of drug-likeness (QED) is 0.792. The van der Waals surface area contributed by atoms with E-state index in [4.69, 9.17) is 4.74 Å². The van der Waals surface area contributed by atoms with Crippen LogP contribution in [0.15, 0.2) is 18.2 Å². The number of amides is 1. The summed E-state index contributed by atoms with van der Waals surface area (Å²) in [5.74, 6) is -0.178. The number of carbonyl (C=O) groups excluding carboxylic acids is 2. The van der Waals surface area contributed by atoms with Crippen LogP contribution in [0.2, 0.25) is 0 Å². The molecule has 1 unspecified atom stereocenters. The van der Waals surface area contributed by atoms with Crippen LogP contribution in [0.5, 0.6) is 0 Å². The van der Waals surface area contributed by atoms with Crippen LogP contribution in [-0.2, 0) is 27.2 Å². The van der Waals surface area contributed by atoms with Crippen LogP contribution in [0, 0.1) is 5.92 Å². The summed E-state index contributed by atoms with van der Waals surface area (Å²) in [5.41, 5.74) is 3.65. The summed E-state index contributed by atoms with van der Waals surface area (Å²) in [5, 5.41) is 3.06. The monoisotopic (exact) mass is 345 g/mol. The molecular weight excluding hydrogens is 316 g/mol. The standard InChI is InChI=1S/C20H28N2O3/c1-3-25-20(24)17-8-5-11-22(13-17)14(2)19(23)21-18-10-9-15-6-4-7-16(15)12-18/h9-10,12,14,17H,3-8,11,13H2,1-2H3,(H,21,23)/p+1/t14-,17+/m0/s1. The zero-order valence-electron chi connectivity index (χ0n) is 15.3. The molecule has 1 aromatic rings. The van der Waals surface area contributed by atoms with E-state index in [1.54, 1.807) is 0 Å². The number of carbonyl (C=O) groups is 2. The van der Waals surface area contributed by atoms with Gasteiger partial charge in [-0.05, 0) is 69.2 Å². The molecule has 0 spiro atoms. The van der Waals surface area contributed by atoms with E-state index in [0.29, 0.717) is 13.2 Å².